The molecule has 1 aliphatic rings. The second-order valence-electron chi connectivity index (χ2n) is 1.21. The maximum absolute atomic E-state index is 4.99. The maximum atomic E-state index is 4.99. The van der Waals surface area contributed by atoms with E-state index < -0.39 is 0 Å². The molecule has 1 aliphatic heterocycles. The van der Waals surface area contributed by atoms with Crippen LogP contribution in [0.1, 0.15) is 0 Å². The number of hydrogen-bond donors (Lipinski definition) is 3. The molecule has 44 valence electrons. The molecule has 0 aromatic rings. The van der Waals surface area contributed by atoms with Crippen molar-refractivity contribution in [3.8, 4) is 0 Å². The fourth-order valence-electron chi connectivity index (χ4n) is 0.366. The lowest BCUT2D eigenvalue weighted by molar-refractivity contribution is 0.266. The van der Waals surface area contributed by atoms with Gasteiger partial charge in [-0.25, -0.2) is 4.99 Å². The summed E-state index contributed by atoms with van der Waals surface area (Å²) in [5.41, 5.74) is 5.06. The van der Waals surface area contributed by atoms with Gasteiger partial charge in [0.15, 0.2) is 0 Å². The maximum Gasteiger partial charge on any atom is 0.129 e. The topological polar surface area (TPSA) is 65.7 Å². The Kier molecular flexibility index (Phi) is 1.45. The molecule has 0 atom stereocenters. The number of aliphatic imine (C=N–C) groups is 1. The molecule has 0 aliphatic carbocycles. The van der Waals surface area contributed by atoms with E-state index in [2.05, 4.69) is 16.0 Å². The van der Waals surface area contributed by atoms with E-state index in [0.29, 0.717) is 0 Å². The highest BCUT2D eigenvalue weighted by Crippen LogP contribution is 1.78. The Morgan fingerprint density at radius 3 is 3.00 bits per heavy atom. The summed E-state index contributed by atoms with van der Waals surface area (Å²) in [4.78, 5) is 3.74. The summed E-state index contributed by atoms with van der Waals surface area (Å²) in [5, 5.41) is 1.42. The highest BCUT2D eigenvalue weighted by Gasteiger charge is 1.90. The van der Waals surface area contributed by atoms with Crippen molar-refractivity contribution in [2.75, 3.05) is 0 Å². The Bertz CT molecular complexity index is 117. The van der Waals surface area contributed by atoms with Crippen LogP contribution in [0, 0.1) is 0 Å². The van der Waals surface area contributed by atoms with Gasteiger partial charge in [-0.1, -0.05) is 0 Å². The van der Waals surface area contributed by atoms with Crippen LogP contribution in [0.4, 0.5) is 0 Å². The van der Waals surface area contributed by atoms with Crippen molar-refractivity contribution < 1.29 is 0 Å². The molecule has 0 saturated carbocycles. The summed E-state index contributed by atoms with van der Waals surface area (Å²) in [6.45, 7) is 0. The van der Waals surface area contributed by atoms with Gasteiger partial charge in [-0.05, 0) is 0 Å². The largest absolute Gasteiger partial charge is 0.288 e. The van der Waals surface area contributed by atoms with Crippen LogP contribution in [0.5, 0.6) is 0 Å². The standard InChI is InChI=1S/C3H7N5/c4-7-8-3-5-1-2-6-8/h1-3,6-7H,4H2. The normalized spacial score (nSPS) is 16.4. The summed E-state index contributed by atoms with van der Waals surface area (Å²) >= 11 is 0. The molecule has 0 radical (unpaired) electrons. The van der Waals surface area contributed by atoms with Crippen molar-refractivity contribution in [3.63, 3.8) is 0 Å². The van der Waals surface area contributed by atoms with E-state index >= 15 is 0 Å². The average Bonchev–Trinajstić information content (AvgIpc) is 1.90. The highest BCUT2D eigenvalue weighted by molar-refractivity contribution is 5.55. The van der Waals surface area contributed by atoms with Gasteiger partial charge in [-0.15, -0.1) is 0 Å². The number of rotatable bonds is 1. The summed E-state index contributed by atoms with van der Waals surface area (Å²) in [6.07, 6.45) is 4.79. The number of hydrogen-bond acceptors (Lipinski definition) is 5. The number of hydrazine groups is 3. The Labute approximate surface area is 46.8 Å². The molecule has 0 aromatic heterocycles. The Balaban J connectivity index is 2.40. The molecule has 0 unspecified atom stereocenters. The van der Waals surface area contributed by atoms with Gasteiger partial charge in [0.25, 0.3) is 0 Å². The van der Waals surface area contributed by atoms with Crippen molar-refractivity contribution >= 4 is 6.34 Å². The lowest BCUT2D eigenvalue weighted by atomic mass is 10.9. The van der Waals surface area contributed by atoms with E-state index in [1.54, 1.807) is 12.4 Å². The first-order valence-corrected chi connectivity index (χ1v) is 2.13. The van der Waals surface area contributed by atoms with Gasteiger partial charge in [0.2, 0.25) is 0 Å². The van der Waals surface area contributed by atoms with E-state index in [-0.39, 0.29) is 0 Å². The summed E-state index contributed by atoms with van der Waals surface area (Å²) in [5.74, 6) is 4.99. The summed E-state index contributed by atoms with van der Waals surface area (Å²) < 4.78 is 0. The second-order valence-corrected chi connectivity index (χ2v) is 1.21. The van der Waals surface area contributed by atoms with Crippen molar-refractivity contribution in [2.45, 2.75) is 0 Å². The molecule has 0 amide bonds. The molecule has 5 heteroatoms. The molecular formula is C3H7N5. The third-order valence-corrected chi connectivity index (χ3v) is 0.695. The third kappa shape index (κ3) is 0.955. The zero-order valence-electron chi connectivity index (χ0n) is 4.20. The fraction of sp³-hybridized carbons (Fsp3) is 0. The quantitative estimate of drug-likeness (QED) is 0.291. The predicted octanol–water partition coefficient (Wildman–Crippen LogP) is -1.32. The average molecular weight is 113 g/mol. The first-order chi connectivity index (χ1) is 3.93. The minimum Gasteiger partial charge on any atom is -0.288 e. The van der Waals surface area contributed by atoms with Crippen molar-refractivity contribution in [1.82, 2.24) is 16.1 Å². The molecule has 1 rings (SSSR count). The van der Waals surface area contributed by atoms with Crippen LogP contribution in [0.15, 0.2) is 17.4 Å². The molecular weight excluding hydrogens is 106 g/mol. The number of nitrogens with zero attached hydrogens (tertiary/aromatic N) is 2. The summed E-state index contributed by atoms with van der Waals surface area (Å²) in [7, 11) is 0. The monoisotopic (exact) mass is 113 g/mol. The van der Waals surface area contributed by atoms with Gasteiger partial charge in [0.1, 0.15) is 6.34 Å². The molecule has 5 nitrogen and oxygen atoms in total. The first kappa shape index (κ1) is 5.07. The second kappa shape index (κ2) is 2.29. The van der Waals surface area contributed by atoms with Crippen molar-refractivity contribution in [1.29, 1.82) is 0 Å². The van der Waals surface area contributed by atoms with Gasteiger partial charge >= 0.3 is 0 Å². The van der Waals surface area contributed by atoms with Crippen LogP contribution in [-0.2, 0) is 0 Å². The fourth-order valence-corrected chi connectivity index (χ4v) is 0.366. The van der Waals surface area contributed by atoms with E-state index in [1.165, 1.54) is 11.5 Å². The van der Waals surface area contributed by atoms with Gasteiger partial charge < -0.3 is 0 Å². The van der Waals surface area contributed by atoms with Crippen LogP contribution >= 0.6 is 0 Å². The zero-order valence-corrected chi connectivity index (χ0v) is 4.20. The van der Waals surface area contributed by atoms with Gasteiger partial charge in [0, 0.05) is 12.4 Å². The van der Waals surface area contributed by atoms with E-state index in [1.807, 2.05) is 0 Å². The van der Waals surface area contributed by atoms with E-state index in [4.69, 9.17) is 5.84 Å². The molecule has 8 heavy (non-hydrogen) atoms. The van der Waals surface area contributed by atoms with Crippen LogP contribution < -0.4 is 16.8 Å². The first-order valence-electron chi connectivity index (χ1n) is 2.13. The highest BCUT2D eigenvalue weighted by atomic mass is 15.8. The Morgan fingerprint density at radius 1 is 1.75 bits per heavy atom. The van der Waals surface area contributed by atoms with E-state index in [0.717, 1.165) is 0 Å². The minimum atomic E-state index is 1.42. The Morgan fingerprint density at radius 2 is 2.62 bits per heavy atom. The van der Waals surface area contributed by atoms with Gasteiger partial charge in [-0.2, -0.15) is 10.7 Å². The molecule has 0 bridgehead atoms. The van der Waals surface area contributed by atoms with Crippen LogP contribution in [-0.4, -0.2) is 11.5 Å². The summed E-state index contributed by atoms with van der Waals surface area (Å²) in [6, 6.07) is 0. The third-order valence-electron chi connectivity index (χ3n) is 0.695. The van der Waals surface area contributed by atoms with Gasteiger partial charge in [0.05, 0.1) is 0 Å². The molecule has 0 fully saturated rings. The van der Waals surface area contributed by atoms with Crippen molar-refractivity contribution in [3.05, 3.63) is 12.4 Å². The molecule has 1 heterocycles. The number of nitrogens with two attached hydrogens (primary N) is 1. The van der Waals surface area contributed by atoms with E-state index in [9.17, 15) is 0 Å². The van der Waals surface area contributed by atoms with Crippen LogP contribution in [0.3, 0.4) is 0 Å². The molecule has 4 N–H and O–H groups in total. The lowest BCUT2D eigenvalue weighted by Crippen LogP contribution is -2.49. The molecule has 0 saturated heterocycles. The zero-order chi connectivity index (χ0) is 5.82. The molecule has 0 spiro atoms. The van der Waals surface area contributed by atoms with Crippen LogP contribution in [0.2, 0.25) is 0 Å². The lowest BCUT2D eigenvalue weighted by Gasteiger charge is -2.17. The Hall–Kier alpha value is -1.07. The van der Waals surface area contributed by atoms with Crippen molar-refractivity contribution in [2.24, 2.45) is 10.8 Å². The SMILES string of the molecule is NNN1C=NC=CN1. The van der Waals surface area contributed by atoms with Gasteiger partial charge in [-0.3, -0.25) is 11.3 Å². The minimum absolute atomic E-state index is 1.42. The van der Waals surface area contributed by atoms with Crippen LogP contribution in [0.25, 0.3) is 0 Å². The predicted molar refractivity (Wildman–Crippen MR) is 29.9 cm³/mol. The number of nitrogens with one attached hydrogen (secondary N) is 2. The molecule has 0 aromatic carbocycles. The smallest absolute Gasteiger partial charge is 0.129 e.